The van der Waals surface area contributed by atoms with Gasteiger partial charge in [0.15, 0.2) is 0 Å². The van der Waals surface area contributed by atoms with Gasteiger partial charge in [0, 0.05) is 17.0 Å². The molecule has 1 aliphatic rings. The molecule has 2 aromatic carbocycles. The van der Waals surface area contributed by atoms with E-state index in [0.717, 1.165) is 29.4 Å². The number of carbonyl (C=O) groups excluding carboxylic acids is 1. The monoisotopic (exact) mass is 299 g/mol. The first kappa shape index (κ1) is 14.0. The third-order valence-electron chi connectivity index (χ3n) is 3.36. The summed E-state index contributed by atoms with van der Waals surface area (Å²) in [5.74, 6) is 1.36. The molecule has 1 N–H and O–H groups in total. The molecule has 3 nitrogen and oxygen atoms in total. The first-order valence-corrected chi connectivity index (χ1v) is 7.94. The van der Waals surface area contributed by atoms with Gasteiger partial charge in [-0.2, -0.15) is 0 Å². The topological polar surface area (TPSA) is 38.3 Å². The fourth-order valence-corrected chi connectivity index (χ4v) is 2.94. The lowest BCUT2D eigenvalue weighted by molar-refractivity contribution is -0.113. The molecule has 0 bridgehead atoms. The summed E-state index contributed by atoms with van der Waals surface area (Å²) >= 11 is 1.55. The second-order valence-electron chi connectivity index (χ2n) is 5.07. The number of thioether (sulfide) groups is 1. The molecule has 21 heavy (non-hydrogen) atoms. The summed E-state index contributed by atoms with van der Waals surface area (Å²) in [6, 6.07) is 14.0. The molecule has 1 heterocycles. The van der Waals surface area contributed by atoms with E-state index in [9.17, 15) is 4.79 Å². The van der Waals surface area contributed by atoms with E-state index in [0.29, 0.717) is 5.75 Å². The van der Waals surface area contributed by atoms with Crippen LogP contribution in [-0.4, -0.2) is 18.3 Å². The Morgan fingerprint density at radius 1 is 1.24 bits per heavy atom. The van der Waals surface area contributed by atoms with Gasteiger partial charge in [0.2, 0.25) is 5.91 Å². The number of benzene rings is 2. The van der Waals surface area contributed by atoms with Crippen LogP contribution in [0, 0.1) is 6.92 Å². The van der Waals surface area contributed by atoms with Gasteiger partial charge in [-0.05, 0) is 42.8 Å². The van der Waals surface area contributed by atoms with Crippen LogP contribution in [0.25, 0.3) is 0 Å². The second kappa shape index (κ2) is 6.22. The Bertz CT molecular complexity index is 652. The molecule has 1 amide bonds. The number of anilines is 1. The average Bonchev–Trinajstić information content (AvgIpc) is 2.94. The Hall–Kier alpha value is -1.94. The lowest BCUT2D eigenvalue weighted by Crippen LogP contribution is -2.14. The number of amides is 1. The van der Waals surface area contributed by atoms with E-state index in [1.807, 2.05) is 30.3 Å². The normalized spacial score (nSPS) is 12.6. The quantitative estimate of drug-likeness (QED) is 0.876. The zero-order valence-corrected chi connectivity index (χ0v) is 12.7. The lowest BCUT2D eigenvalue weighted by Gasteiger charge is -2.07. The zero-order valence-electron chi connectivity index (χ0n) is 11.9. The van der Waals surface area contributed by atoms with E-state index in [2.05, 4.69) is 24.4 Å². The molecule has 3 rings (SSSR count). The van der Waals surface area contributed by atoms with Gasteiger partial charge >= 0.3 is 0 Å². The van der Waals surface area contributed by atoms with Crippen LogP contribution in [0.15, 0.2) is 47.4 Å². The number of rotatable bonds is 4. The highest BCUT2D eigenvalue weighted by molar-refractivity contribution is 8.00. The van der Waals surface area contributed by atoms with E-state index in [1.165, 1.54) is 11.1 Å². The molecule has 0 aliphatic carbocycles. The Morgan fingerprint density at radius 3 is 2.86 bits per heavy atom. The maximum atomic E-state index is 12.0. The van der Waals surface area contributed by atoms with Crippen molar-refractivity contribution in [3.8, 4) is 5.75 Å². The molecular formula is C17H17NO2S. The number of aryl methyl sites for hydroxylation is 1. The van der Waals surface area contributed by atoms with Gasteiger partial charge in [-0.25, -0.2) is 0 Å². The molecule has 0 fully saturated rings. The molecule has 1 aliphatic heterocycles. The van der Waals surface area contributed by atoms with Crippen LogP contribution >= 0.6 is 11.8 Å². The van der Waals surface area contributed by atoms with Crippen molar-refractivity contribution in [3.05, 3.63) is 53.6 Å². The van der Waals surface area contributed by atoms with Crippen molar-refractivity contribution < 1.29 is 9.53 Å². The molecule has 0 saturated carbocycles. The molecule has 0 aromatic heterocycles. The summed E-state index contributed by atoms with van der Waals surface area (Å²) in [7, 11) is 0. The number of carbonyl (C=O) groups is 1. The molecule has 0 saturated heterocycles. The van der Waals surface area contributed by atoms with Crippen LogP contribution in [0.1, 0.15) is 11.1 Å². The van der Waals surface area contributed by atoms with Crippen molar-refractivity contribution in [2.45, 2.75) is 18.2 Å². The summed E-state index contributed by atoms with van der Waals surface area (Å²) in [4.78, 5) is 13.1. The van der Waals surface area contributed by atoms with Crippen molar-refractivity contribution in [1.82, 2.24) is 0 Å². The number of fused-ring (bicyclic) bond motifs is 1. The largest absolute Gasteiger partial charge is 0.493 e. The lowest BCUT2D eigenvalue weighted by atomic mass is 10.1. The Balaban J connectivity index is 1.55. The Morgan fingerprint density at radius 2 is 2.05 bits per heavy atom. The fraction of sp³-hybridized carbons (Fsp3) is 0.235. The van der Waals surface area contributed by atoms with Crippen molar-refractivity contribution in [3.63, 3.8) is 0 Å². The fourth-order valence-electron chi connectivity index (χ4n) is 2.24. The number of ether oxygens (including phenoxy) is 1. The molecule has 108 valence electrons. The summed E-state index contributed by atoms with van der Waals surface area (Å²) in [6.45, 7) is 2.79. The van der Waals surface area contributed by atoms with Gasteiger partial charge in [0.1, 0.15) is 5.75 Å². The van der Waals surface area contributed by atoms with Gasteiger partial charge in [-0.1, -0.05) is 17.7 Å². The van der Waals surface area contributed by atoms with Crippen LogP contribution in [-0.2, 0) is 11.2 Å². The van der Waals surface area contributed by atoms with Crippen molar-refractivity contribution in [1.29, 1.82) is 0 Å². The number of hydrogen-bond acceptors (Lipinski definition) is 3. The van der Waals surface area contributed by atoms with Crippen molar-refractivity contribution in [2.75, 3.05) is 17.7 Å². The highest BCUT2D eigenvalue weighted by Gasteiger charge is 2.13. The minimum atomic E-state index is 0.0134. The molecule has 2 aromatic rings. The van der Waals surface area contributed by atoms with E-state index < -0.39 is 0 Å². The predicted octanol–water partition coefficient (Wildman–Crippen LogP) is 3.66. The standard InChI is InChI=1S/C17H17NO2S/c1-12-2-5-15(6-3-12)21-11-17(19)18-14-4-7-16-13(10-14)8-9-20-16/h2-7,10H,8-9,11H2,1H3,(H,18,19). The SMILES string of the molecule is Cc1ccc(SCC(=O)Nc2ccc3c(c2)CCO3)cc1. The number of hydrogen-bond donors (Lipinski definition) is 1. The molecule has 0 unspecified atom stereocenters. The highest BCUT2D eigenvalue weighted by atomic mass is 32.2. The number of nitrogens with one attached hydrogen (secondary N) is 1. The van der Waals surface area contributed by atoms with Crippen LogP contribution in [0.5, 0.6) is 5.75 Å². The van der Waals surface area contributed by atoms with E-state index in [1.54, 1.807) is 11.8 Å². The van der Waals surface area contributed by atoms with Crippen LogP contribution in [0.4, 0.5) is 5.69 Å². The molecular weight excluding hydrogens is 282 g/mol. The van der Waals surface area contributed by atoms with Gasteiger partial charge in [-0.15, -0.1) is 11.8 Å². The maximum absolute atomic E-state index is 12.0. The third kappa shape index (κ3) is 3.58. The Kier molecular flexibility index (Phi) is 4.15. The zero-order chi connectivity index (χ0) is 14.7. The van der Waals surface area contributed by atoms with Crippen LogP contribution in [0.3, 0.4) is 0 Å². The smallest absolute Gasteiger partial charge is 0.234 e. The van der Waals surface area contributed by atoms with Gasteiger partial charge in [0.25, 0.3) is 0 Å². The summed E-state index contributed by atoms with van der Waals surface area (Å²) < 4.78 is 5.46. The molecule has 4 heteroatoms. The van der Waals surface area contributed by atoms with Crippen LogP contribution in [0.2, 0.25) is 0 Å². The minimum Gasteiger partial charge on any atom is -0.493 e. The minimum absolute atomic E-state index is 0.0134. The molecule has 0 radical (unpaired) electrons. The third-order valence-corrected chi connectivity index (χ3v) is 4.38. The highest BCUT2D eigenvalue weighted by Crippen LogP contribution is 2.28. The Labute approximate surface area is 128 Å². The van der Waals surface area contributed by atoms with E-state index in [-0.39, 0.29) is 5.91 Å². The second-order valence-corrected chi connectivity index (χ2v) is 6.12. The van der Waals surface area contributed by atoms with Crippen molar-refractivity contribution >= 4 is 23.4 Å². The van der Waals surface area contributed by atoms with Gasteiger partial charge in [0.05, 0.1) is 12.4 Å². The van der Waals surface area contributed by atoms with Gasteiger partial charge < -0.3 is 10.1 Å². The summed E-state index contributed by atoms with van der Waals surface area (Å²) in [6.07, 6.45) is 0.914. The van der Waals surface area contributed by atoms with Crippen LogP contribution < -0.4 is 10.1 Å². The predicted molar refractivity (Wildman–Crippen MR) is 86.2 cm³/mol. The van der Waals surface area contributed by atoms with E-state index >= 15 is 0 Å². The van der Waals surface area contributed by atoms with Gasteiger partial charge in [-0.3, -0.25) is 4.79 Å². The van der Waals surface area contributed by atoms with Crippen molar-refractivity contribution in [2.24, 2.45) is 0 Å². The van der Waals surface area contributed by atoms with E-state index in [4.69, 9.17) is 4.74 Å². The first-order valence-electron chi connectivity index (χ1n) is 6.96. The molecule has 0 atom stereocenters. The summed E-state index contributed by atoms with van der Waals surface area (Å²) in [5, 5.41) is 2.94. The maximum Gasteiger partial charge on any atom is 0.234 e. The summed E-state index contributed by atoms with van der Waals surface area (Å²) in [5.41, 5.74) is 3.23. The first-order chi connectivity index (χ1) is 10.2. The molecule has 0 spiro atoms. The average molecular weight is 299 g/mol.